The lowest BCUT2D eigenvalue weighted by Gasteiger charge is -2.26. The Morgan fingerprint density at radius 1 is 1.23 bits per heavy atom. The van der Waals surface area contributed by atoms with Crippen molar-refractivity contribution in [1.29, 1.82) is 0 Å². The number of nitrogens with one attached hydrogen (secondary N) is 1. The van der Waals surface area contributed by atoms with Crippen LogP contribution in [0.5, 0.6) is 5.75 Å². The molecule has 1 aromatic heterocycles. The number of rotatable bonds is 3. The molecule has 0 spiro atoms. The summed E-state index contributed by atoms with van der Waals surface area (Å²) in [4.78, 5) is 0. The number of halogens is 1. The van der Waals surface area contributed by atoms with Crippen LogP contribution < -0.4 is 10.1 Å². The van der Waals surface area contributed by atoms with Crippen LogP contribution in [0.2, 0.25) is 5.02 Å². The van der Waals surface area contributed by atoms with Gasteiger partial charge < -0.3 is 10.1 Å². The van der Waals surface area contributed by atoms with Crippen molar-refractivity contribution in [3.63, 3.8) is 0 Å². The van der Waals surface area contributed by atoms with Crippen molar-refractivity contribution in [2.45, 2.75) is 32.8 Å². The quantitative estimate of drug-likeness (QED) is 0.941. The second-order valence-corrected chi connectivity index (χ2v) is 6.40. The Hall–Kier alpha value is -1.52. The molecular formula is C17H22ClN3O. The molecule has 0 radical (unpaired) electrons. The SMILES string of the molecule is Cc1cc(Cl)cc(-c2cn(C)nc2C)c1OC1CCNCC1. The number of hydrogen-bond acceptors (Lipinski definition) is 3. The van der Waals surface area contributed by atoms with Crippen molar-refractivity contribution in [2.24, 2.45) is 7.05 Å². The predicted molar refractivity (Wildman–Crippen MR) is 89.6 cm³/mol. The summed E-state index contributed by atoms with van der Waals surface area (Å²) >= 11 is 6.28. The van der Waals surface area contributed by atoms with Gasteiger partial charge >= 0.3 is 0 Å². The van der Waals surface area contributed by atoms with E-state index in [1.54, 1.807) is 0 Å². The molecule has 4 nitrogen and oxygen atoms in total. The summed E-state index contributed by atoms with van der Waals surface area (Å²) in [5.74, 6) is 0.937. The van der Waals surface area contributed by atoms with Gasteiger partial charge in [-0.05, 0) is 57.5 Å². The highest BCUT2D eigenvalue weighted by molar-refractivity contribution is 6.31. The molecule has 1 fully saturated rings. The first kappa shape index (κ1) is 15.4. The van der Waals surface area contributed by atoms with Gasteiger partial charge in [-0.3, -0.25) is 4.68 Å². The molecule has 0 aliphatic carbocycles. The van der Waals surface area contributed by atoms with Crippen LogP contribution in [0, 0.1) is 13.8 Å². The number of aryl methyl sites for hydroxylation is 3. The summed E-state index contributed by atoms with van der Waals surface area (Å²) in [6.45, 7) is 6.09. The molecule has 0 amide bonds. The highest BCUT2D eigenvalue weighted by atomic mass is 35.5. The van der Waals surface area contributed by atoms with Crippen molar-refractivity contribution in [1.82, 2.24) is 15.1 Å². The van der Waals surface area contributed by atoms with Gasteiger partial charge in [0.2, 0.25) is 0 Å². The highest BCUT2D eigenvalue weighted by Gasteiger charge is 2.20. The van der Waals surface area contributed by atoms with Gasteiger partial charge in [-0.25, -0.2) is 0 Å². The molecule has 0 atom stereocenters. The van der Waals surface area contributed by atoms with Crippen LogP contribution >= 0.6 is 11.6 Å². The summed E-state index contributed by atoms with van der Waals surface area (Å²) < 4.78 is 8.18. The van der Waals surface area contributed by atoms with Gasteiger partial charge in [0, 0.05) is 29.4 Å². The minimum atomic E-state index is 0.261. The number of piperidine rings is 1. The van der Waals surface area contributed by atoms with Crippen molar-refractivity contribution >= 4 is 11.6 Å². The normalized spacial score (nSPS) is 16.0. The highest BCUT2D eigenvalue weighted by Crippen LogP contribution is 2.38. The minimum absolute atomic E-state index is 0.261. The van der Waals surface area contributed by atoms with E-state index in [2.05, 4.69) is 17.3 Å². The van der Waals surface area contributed by atoms with Crippen LogP contribution in [-0.2, 0) is 7.05 Å². The zero-order valence-electron chi connectivity index (χ0n) is 13.3. The van der Waals surface area contributed by atoms with Crippen molar-refractivity contribution < 1.29 is 4.74 Å². The topological polar surface area (TPSA) is 39.1 Å². The zero-order valence-corrected chi connectivity index (χ0v) is 14.1. The minimum Gasteiger partial charge on any atom is -0.489 e. The van der Waals surface area contributed by atoms with Crippen LogP contribution in [0.15, 0.2) is 18.3 Å². The average molecular weight is 320 g/mol. The molecule has 2 aromatic rings. The Morgan fingerprint density at radius 3 is 2.59 bits per heavy atom. The van der Waals surface area contributed by atoms with E-state index < -0.39 is 0 Å². The van der Waals surface area contributed by atoms with Crippen LogP contribution in [0.1, 0.15) is 24.1 Å². The molecule has 1 saturated heterocycles. The van der Waals surface area contributed by atoms with E-state index in [0.717, 1.165) is 59.1 Å². The molecule has 0 unspecified atom stereocenters. The molecule has 2 heterocycles. The lowest BCUT2D eigenvalue weighted by molar-refractivity contribution is 0.162. The summed E-state index contributed by atoms with van der Waals surface area (Å²) in [6, 6.07) is 3.95. The first-order chi connectivity index (χ1) is 10.5. The maximum absolute atomic E-state index is 6.36. The van der Waals surface area contributed by atoms with Crippen LogP contribution in [0.25, 0.3) is 11.1 Å². The smallest absolute Gasteiger partial charge is 0.130 e. The molecule has 118 valence electrons. The lowest BCUT2D eigenvalue weighted by atomic mass is 10.0. The van der Waals surface area contributed by atoms with Crippen LogP contribution in [0.4, 0.5) is 0 Å². The van der Waals surface area contributed by atoms with Gasteiger partial charge in [0.1, 0.15) is 11.9 Å². The molecule has 0 saturated carbocycles. The van der Waals surface area contributed by atoms with Crippen LogP contribution in [-0.4, -0.2) is 29.0 Å². The second-order valence-electron chi connectivity index (χ2n) is 5.97. The number of aromatic nitrogens is 2. The Balaban J connectivity index is 2.02. The fourth-order valence-corrected chi connectivity index (χ4v) is 3.30. The predicted octanol–water partition coefficient (Wildman–Crippen LogP) is 3.49. The third-order valence-corrected chi connectivity index (χ3v) is 4.33. The zero-order chi connectivity index (χ0) is 15.7. The first-order valence-electron chi connectivity index (χ1n) is 7.72. The maximum Gasteiger partial charge on any atom is 0.130 e. The molecule has 3 rings (SSSR count). The van der Waals surface area contributed by atoms with Crippen molar-refractivity contribution in [3.05, 3.63) is 34.6 Å². The van der Waals surface area contributed by atoms with Crippen molar-refractivity contribution in [2.75, 3.05) is 13.1 Å². The van der Waals surface area contributed by atoms with Crippen LogP contribution in [0.3, 0.4) is 0 Å². The summed E-state index contributed by atoms with van der Waals surface area (Å²) in [6.07, 6.45) is 4.36. The van der Waals surface area contributed by atoms with E-state index >= 15 is 0 Å². The number of benzene rings is 1. The summed E-state index contributed by atoms with van der Waals surface area (Å²) in [5, 5.41) is 8.54. The van der Waals surface area contributed by atoms with Gasteiger partial charge in [0.25, 0.3) is 0 Å². The molecule has 1 aliphatic rings. The van der Waals surface area contributed by atoms with E-state index in [9.17, 15) is 0 Å². The maximum atomic E-state index is 6.36. The van der Waals surface area contributed by atoms with E-state index in [4.69, 9.17) is 16.3 Å². The molecular weight excluding hydrogens is 298 g/mol. The average Bonchev–Trinajstić information content (AvgIpc) is 2.81. The second kappa shape index (κ2) is 6.31. The lowest BCUT2D eigenvalue weighted by Crippen LogP contribution is -2.34. The summed E-state index contributed by atoms with van der Waals surface area (Å²) in [5.41, 5.74) is 4.18. The third kappa shape index (κ3) is 3.13. The van der Waals surface area contributed by atoms with Gasteiger partial charge in [-0.15, -0.1) is 0 Å². The number of ether oxygens (including phenoxy) is 1. The Kier molecular flexibility index (Phi) is 4.41. The van der Waals surface area contributed by atoms with Gasteiger partial charge in [0.05, 0.1) is 5.69 Å². The Morgan fingerprint density at radius 2 is 1.95 bits per heavy atom. The van der Waals surface area contributed by atoms with Crippen molar-refractivity contribution in [3.8, 4) is 16.9 Å². The molecule has 1 aliphatic heterocycles. The first-order valence-corrected chi connectivity index (χ1v) is 8.10. The van der Waals surface area contributed by atoms with Gasteiger partial charge in [-0.1, -0.05) is 11.6 Å². The molecule has 1 N–H and O–H groups in total. The Bertz CT molecular complexity index is 675. The standard InChI is InChI=1S/C17H22ClN3O/c1-11-8-13(18)9-15(16-10-21(3)20-12(16)2)17(11)22-14-4-6-19-7-5-14/h8-10,14,19H,4-7H2,1-3H3. The fourth-order valence-electron chi connectivity index (χ4n) is 3.03. The van der Waals surface area contributed by atoms with E-state index in [0.29, 0.717) is 0 Å². The molecule has 22 heavy (non-hydrogen) atoms. The molecule has 1 aromatic carbocycles. The Labute approximate surface area is 136 Å². The monoisotopic (exact) mass is 319 g/mol. The van der Waals surface area contributed by atoms with Gasteiger partial charge in [-0.2, -0.15) is 5.10 Å². The third-order valence-electron chi connectivity index (χ3n) is 4.11. The van der Waals surface area contributed by atoms with E-state index in [1.807, 2.05) is 37.0 Å². The molecule has 5 heteroatoms. The number of hydrogen-bond donors (Lipinski definition) is 1. The van der Waals surface area contributed by atoms with E-state index in [1.165, 1.54) is 0 Å². The number of nitrogens with zero attached hydrogens (tertiary/aromatic N) is 2. The van der Waals surface area contributed by atoms with E-state index in [-0.39, 0.29) is 6.10 Å². The fraction of sp³-hybridized carbons (Fsp3) is 0.471. The van der Waals surface area contributed by atoms with Gasteiger partial charge in [0.15, 0.2) is 0 Å². The largest absolute Gasteiger partial charge is 0.489 e. The molecule has 0 bridgehead atoms. The summed E-state index contributed by atoms with van der Waals surface area (Å²) in [7, 11) is 1.93.